The molecule has 0 radical (unpaired) electrons. The van der Waals surface area contributed by atoms with Crippen molar-refractivity contribution in [3.63, 3.8) is 0 Å². The van der Waals surface area contributed by atoms with Crippen molar-refractivity contribution in [2.45, 2.75) is 13.0 Å². The number of amides is 1. The molecule has 1 N–H and O–H groups in total. The summed E-state index contributed by atoms with van der Waals surface area (Å²) in [7, 11) is 0. The van der Waals surface area contributed by atoms with Crippen LogP contribution in [0.2, 0.25) is 5.02 Å². The van der Waals surface area contributed by atoms with Gasteiger partial charge in [-0.2, -0.15) is 0 Å². The first-order valence-corrected chi connectivity index (χ1v) is 5.19. The Labute approximate surface area is 93.4 Å². The number of ether oxygens (including phenoxy) is 1. The molecule has 0 saturated carbocycles. The van der Waals surface area contributed by atoms with Crippen LogP contribution in [-0.4, -0.2) is 25.2 Å². The lowest BCUT2D eigenvalue weighted by Crippen LogP contribution is -2.48. The van der Waals surface area contributed by atoms with Gasteiger partial charge in [0.1, 0.15) is 0 Å². The average molecular weight is 226 g/mol. The van der Waals surface area contributed by atoms with Gasteiger partial charge in [-0.15, -0.1) is 0 Å². The van der Waals surface area contributed by atoms with Gasteiger partial charge >= 0.3 is 0 Å². The topological polar surface area (TPSA) is 38.3 Å². The van der Waals surface area contributed by atoms with Crippen LogP contribution in [0.3, 0.4) is 0 Å². The van der Waals surface area contributed by atoms with Gasteiger partial charge in [0.2, 0.25) is 0 Å². The number of rotatable bonds is 2. The Morgan fingerprint density at radius 2 is 2.27 bits per heavy atom. The Balaban J connectivity index is 2.07. The molecule has 2 rings (SSSR count). The van der Waals surface area contributed by atoms with Crippen molar-refractivity contribution in [1.29, 1.82) is 0 Å². The van der Waals surface area contributed by atoms with Gasteiger partial charge in [-0.1, -0.05) is 11.6 Å². The average Bonchev–Trinajstić information content (AvgIpc) is 2.15. The van der Waals surface area contributed by atoms with Crippen molar-refractivity contribution in [1.82, 2.24) is 5.32 Å². The molecule has 0 bridgehead atoms. The Bertz CT molecular complexity index is 388. The summed E-state index contributed by atoms with van der Waals surface area (Å²) in [6.45, 7) is 3.10. The molecule has 0 unspecified atom stereocenters. The molecule has 1 fully saturated rings. The summed E-state index contributed by atoms with van der Waals surface area (Å²) in [6, 6.07) is 5.42. The van der Waals surface area contributed by atoms with E-state index in [0.29, 0.717) is 23.8 Å². The normalized spacial score (nSPS) is 15.9. The molecule has 1 heterocycles. The Kier molecular flexibility index (Phi) is 2.93. The highest BCUT2D eigenvalue weighted by molar-refractivity contribution is 6.31. The maximum Gasteiger partial charge on any atom is 0.251 e. The Morgan fingerprint density at radius 1 is 1.53 bits per heavy atom. The van der Waals surface area contributed by atoms with Gasteiger partial charge in [-0.3, -0.25) is 4.79 Å². The van der Waals surface area contributed by atoms with Crippen LogP contribution in [0.25, 0.3) is 0 Å². The number of benzene rings is 1. The highest BCUT2D eigenvalue weighted by atomic mass is 35.5. The zero-order chi connectivity index (χ0) is 10.8. The second kappa shape index (κ2) is 4.21. The quantitative estimate of drug-likeness (QED) is 0.833. The fraction of sp³-hybridized carbons (Fsp3) is 0.364. The molecule has 0 spiro atoms. The molecule has 1 amide bonds. The summed E-state index contributed by atoms with van der Waals surface area (Å²) in [5.74, 6) is -0.0666. The number of nitrogens with one attached hydrogen (secondary N) is 1. The zero-order valence-electron chi connectivity index (χ0n) is 8.42. The van der Waals surface area contributed by atoms with Crippen molar-refractivity contribution in [2.75, 3.05) is 13.2 Å². The highest BCUT2D eigenvalue weighted by Crippen LogP contribution is 2.16. The monoisotopic (exact) mass is 225 g/mol. The first-order chi connectivity index (χ1) is 7.16. The third kappa shape index (κ3) is 2.30. The lowest BCUT2D eigenvalue weighted by molar-refractivity contribution is -0.00346. The second-order valence-corrected chi connectivity index (χ2v) is 4.08. The van der Waals surface area contributed by atoms with Gasteiger partial charge in [-0.05, 0) is 30.7 Å². The lowest BCUT2D eigenvalue weighted by atomic mass is 10.1. The van der Waals surface area contributed by atoms with E-state index in [4.69, 9.17) is 16.3 Å². The van der Waals surface area contributed by atoms with Gasteiger partial charge < -0.3 is 10.1 Å². The van der Waals surface area contributed by atoms with E-state index in [9.17, 15) is 4.79 Å². The lowest BCUT2D eigenvalue weighted by Gasteiger charge is -2.26. The molecule has 0 aromatic heterocycles. The first-order valence-electron chi connectivity index (χ1n) is 4.81. The minimum Gasteiger partial charge on any atom is -0.377 e. The van der Waals surface area contributed by atoms with Crippen LogP contribution in [-0.2, 0) is 4.74 Å². The molecule has 1 saturated heterocycles. The molecule has 3 nitrogen and oxygen atoms in total. The van der Waals surface area contributed by atoms with Crippen LogP contribution < -0.4 is 5.32 Å². The third-order valence-corrected chi connectivity index (χ3v) is 2.82. The van der Waals surface area contributed by atoms with Gasteiger partial charge in [-0.25, -0.2) is 0 Å². The van der Waals surface area contributed by atoms with E-state index in [2.05, 4.69) is 5.32 Å². The van der Waals surface area contributed by atoms with E-state index in [1.54, 1.807) is 18.2 Å². The number of hydrogen-bond donors (Lipinski definition) is 1. The fourth-order valence-corrected chi connectivity index (χ4v) is 1.49. The molecule has 0 aliphatic carbocycles. The molecule has 4 heteroatoms. The summed E-state index contributed by atoms with van der Waals surface area (Å²) in [5.41, 5.74) is 1.55. The molecule has 1 aromatic carbocycles. The molecular weight excluding hydrogens is 214 g/mol. The molecule has 1 aromatic rings. The third-order valence-electron chi connectivity index (χ3n) is 2.39. The number of carbonyl (C=O) groups excluding carboxylic acids is 1. The minimum absolute atomic E-state index is 0.0666. The van der Waals surface area contributed by atoms with Gasteiger partial charge in [0.15, 0.2) is 0 Å². The summed E-state index contributed by atoms with van der Waals surface area (Å²) in [5, 5.41) is 3.55. The number of aryl methyl sites for hydroxylation is 1. The fourth-order valence-electron chi connectivity index (χ4n) is 1.37. The van der Waals surface area contributed by atoms with Crippen LogP contribution in [0.5, 0.6) is 0 Å². The van der Waals surface area contributed by atoms with Gasteiger partial charge in [0.05, 0.1) is 19.3 Å². The largest absolute Gasteiger partial charge is 0.377 e. The first kappa shape index (κ1) is 10.5. The van der Waals surface area contributed by atoms with Gasteiger partial charge in [0, 0.05) is 10.6 Å². The van der Waals surface area contributed by atoms with Crippen molar-refractivity contribution >= 4 is 17.5 Å². The van der Waals surface area contributed by atoms with E-state index in [1.807, 2.05) is 6.92 Å². The maximum absolute atomic E-state index is 11.7. The van der Waals surface area contributed by atoms with Crippen LogP contribution in [0, 0.1) is 6.92 Å². The summed E-state index contributed by atoms with van der Waals surface area (Å²) >= 11 is 5.88. The smallest absolute Gasteiger partial charge is 0.251 e. The van der Waals surface area contributed by atoms with Crippen molar-refractivity contribution in [3.8, 4) is 0 Å². The number of hydrogen-bond acceptors (Lipinski definition) is 2. The van der Waals surface area contributed by atoms with E-state index in [-0.39, 0.29) is 11.9 Å². The summed E-state index contributed by atoms with van der Waals surface area (Å²) in [6.07, 6.45) is 0. The molecule has 1 aliphatic rings. The number of halogens is 1. The Morgan fingerprint density at radius 3 is 2.80 bits per heavy atom. The summed E-state index contributed by atoms with van der Waals surface area (Å²) < 4.78 is 4.98. The highest BCUT2D eigenvalue weighted by Gasteiger charge is 2.20. The molecule has 1 aliphatic heterocycles. The SMILES string of the molecule is Cc1cc(C(=O)NC2COC2)ccc1Cl. The van der Waals surface area contributed by atoms with E-state index in [0.717, 1.165) is 5.56 Å². The maximum atomic E-state index is 11.7. The summed E-state index contributed by atoms with van der Waals surface area (Å²) in [4.78, 5) is 11.7. The second-order valence-electron chi connectivity index (χ2n) is 3.67. The predicted octanol–water partition coefficient (Wildman–Crippen LogP) is 1.78. The molecule has 15 heavy (non-hydrogen) atoms. The Hall–Kier alpha value is -1.06. The van der Waals surface area contributed by atoms with Crippen LogP contribution in [0.15, 0.2) is 18.2 Å². The van der Waals surface area contributed by atoms with Gasteiger partial charge in [0.25, 0.3) is 5.91 Å². The van der Waals surface area contributed by atoms with Crippen LogP contribution in [0.4, 0.5) is 0 Å². The van der Waals surface area contributed by atoms with E-state index < -0.39 is 0 Å². The standard InChI is InChI=1S/C11H12ClNO2/c1-7-4-8(2-3-10(7)12)11(14)13-9-5-15-6-9/h2-4,9H,5-6H2,1H3,(H,13,14). The van der Waals surface area contributed by atoms with Crippen molar-refractivity contribution in [3.05, 3.63) is 34.3 Å². The zero-order valence-corrected chi connectivity index (χ0v) is 9.17. The van der Waals surface area contributed by atoms with Crippen LogP contribution in [0.1, 0.15) is 15.9 Å². The van der Waals surface area contributed by atoms with E-state index in [1.165, 1.54) is 0 Å². The van der Waals surface area contributed by atoms with Crippen LogP contribution >= 0.6 is 11.6 Å². The van der Waals surface area contributed by atoms with Crippen molar-refractivity contribution < 1.29 is 9.53 Å². The predicted molar refractivity (Wildman–Crippen MR) is 58.3 cm³/mol. The molecular formula is C11H12ClNO2. The molecule has 0 atom stereocenters. The molecule has 80 valence electrons. The minimum atomic E-state index is -0.0666. The number of carbonyl (C=O) groups is 1. The van der Waals surface area contributed by atoms with E-state index >= 15 is 0 Å². The van der Waals surface area contributed by atoms with Crippen molar-refractivity contribution in [2.24, 2.45) is 0 Å².